The van der Waals surface area contributed by atoms with Gasteiger partial charge in [0.1, 0.15) is 5.75 Å². The van der Waals surface area contributed by atoms with Gasteiger partial charge in [0.05, 0.1) is 38.0 Å². The van der Waals surface area contributed by atoms with Crippen LogP contribution in [0.3, 0.4) is 0 Å². The van der Waals surface area contributed by atoms with Gasteiger partial charge in [-0.3, -0.25) is 4.79 Å². The van der Waals surface area contributed by atoms with E-state index in [2.05, 4.69) is 4.99 Å². The molecule has 0 spiro atoms. The lowest BCUT2D eigenvalue weighted by Gasteiger charge is -2.24. The van der Waals surface area contributed by atoms with Crippen LogP contribution in [0.4, 0.5) is 4.79 Å². The van der Waals surface area contributed by atoms with Gasteiger partial charge in [0.25, 0.3) is 0 Å². The highest BCUT2D eigenvalue weighted by Gasteiger charge is 2.36. The first-order chi connectivity index (χ1) is 17.6. The second kappa shape index (κ2) is 10.3. The molecule has 7 nitrogen and oxygen atoms in total. The minimum absolute atomic E-state index is 0.120. The van der Waals surface area contributed by atoms with E-state index in [9.17, 15) is 4.79 Å². The number of carbonyl (C=O) groups excluding carboxylic acids is 1. The Bertz CT molecular complexity index is 1370. The van der Waals surface area contributed by atoms with Crippen LogP contribution < -0.4 is 14.2 Å². The van der Waals surface area contributed by atoms with Gasteiger partial charge in [0.15, 0.2) is 17.3 Å². The predicted octanol–water partition coefficient (Wildman–Crippen LogP) is 6.17. The van der Waals surface area contributed by atoms with E-state index in [4.69, 9.17) is 19.3 Å². The smallest absolute Gasteiger partial charge is 0.311 e. The second-order valence-corrected chi connectivity index (χ2v) is 9.17. The minimum atomic E-state index is -0.270. The zero-order valence-electron chi connectivity index (χ0n) is 20.2. The molecule has 0 saturated heterocycles. The molecule has 182 valence electrons. The van der Waals surface area contributed by atoms with Gasteiger partial charge in [0.2, 0.25) is 0 Å². The van der Waals surface area contributed by atoms with Crippen LogP contribution in [-0.4, -0.2) is 43.1 Å². The highest BCUT2D eigenvalue weighted by molar-refractivity contribution is 8.18. The van der Waals surface area contributed by atoms with Gasteiger partial charge in [-0.05, 0) is 58.8 Å². The van der Waals surface area contributed by atoms with Crippen LogP contribution in [0.25, 0.3) is 6.08 Å². The maximum absolute atomic E-state index is 12.5. The highest BCUT2D eigenvalue weighted by atomic mass is 32.2. The summed E-state index contributed by atoms with van der Waals surface area (Å²) in [6.07, 6.45) is 2.61. The Morgan fingerprint density at radius 1 is 0.917 bits per heavy atom. The Balaban J connectivity index is 1.55. The Hall–Kier alpha value is -4.04. The van der Waals surface area contributed by atoms with Crippen LogP contribution in [0.2, 0.25) is 0 Å². The van der Waals surface area contributed by atoms with E-state index in [0.717, 1.165) is 44.8 Å². The second-order valence-electron chi connectivity index (χ2n) is 8.18. The Labute approximate surface area is 214 Å². The lowest BCUT2D eigenvalue weighted by molar-refractivity contribution is 0.267. The molecule has 2 aliphatic heterocycles. The van der Waals surface area contributed by atoms with E-state index in [1.165, 1.54) is 0 Å². The van der Waals surface area contributed by atoms with E-state index in [0.29, 0.717) is 23.8 Å². The summed E-state index contributed by atoms with van der Waals surface area (Å²) < 4.78 is 16.1. The van der Waals surface area contributed by atoms with Gasteiger partial charge in [-0.2, -0.15) is 10.1 Å². The molecule has 3 aromatic carbocycles. The molecule has 0 fully saturated rings. The van der Waals surface area contributed by atoms with Crippen molar-refractivity contribution in [2.24, 2.45) is 10.1 Å². The van der Waals surface area contributed by atoms with E-state index in [1.54, 1.807) is 21.3 Å². The van der Waals surface area contributed by atoms with Crippen molar-refractivity contribution in [2.45, 2.75) is 12.5 Å². The fourth-order valence-electron chi connectivity index (χ4n) is 4.25. The molecule has 0 aliphatic carbocycles. The van der Waals surface area contributed by atoms with Crippen molar-refractivity contribution in [3.63, 3.8) is 0 Å². The summed E-state index contributed by atoms with van der Waals surface area (Å²) in [6.45, 7) is 0. The van der Waals surface area contributed by atoms with Crippen molar-refractivity contribution in [1.29, 1.82) is 0 Å². The molecule has 0 bridgehead atoms. The van der Waals surface area contributed by atoms with Crippen LogP contribution in [0.1, 0.15) is 29.2 Å². The normalized spacial score (nSPS) is 18.3. The molecule has 8 heteroatoms. The van der Waals surface area contributed by atoms with Crippen molar-refractivity contribution in [3.8, 4) is 17.2 Å². The number of thioether (sulfide) groups is 1. The number of methoxy groups -OCH3 is 3. The fraction of sp³-hybridized carbons (Fsp3) is 0.179. The van der Waals surface area contributed by atoms with Crippen LogP contribution in [0.5, 0.6) is 17.2 Å². The van der Waals surface area contributed by atoms with Gasteiger partial charge >= 0.3 is 5.24 Å². The molecule has 0 radical (unpaired) electrons. The number of amides is 1. The predicted molar refractivity (Wildman–Crippen MR) is 143 cm³/mol. The van der Waals surface area contributed by atoms with Gasteiger partial charge in [-0.1, -0.05) is 48.5 Å². The van der Waals surface area contributed by atoms with Crippen LogP contribution >= 0.6 is 11.8 Å². The number of benzene rings is 3. The number of ether oxygens (including phenoxy) is 3. The average Bonchev–Trinajstić information content (AvgIpc) is 3.52. The zero-order valence-corrected chi connectivity index (χ0v) is 21.0. The number of hydrogen-bond donors (Lipinski definition) is 0. The molecule has 1 amide bonds. The van der Waals surface area contributed by atoms with Crippen LogP contribution in [0.15, 0.2) is 87.8 Å². The third-order valence-corrected chi connectivity index (χ3v) is 6.84. The fourth-order valence-corrected chi connectivity index (χ4v) is 5.00. The molecule has 0 saturated carbocycles. The molecular weight excluding hydrogens is 474 g/mol. The first-order valence-electron chi connectivity index (χ1n) is 11.4. The number of nitrogens with zero attached hydrogens (tertiary/aromatic N) is 3. The van der Waals surface area contributed by atoms with Crippen molar-refractivity contribution in [3.05, 3.63) is 94.4 Å². The van der Waals surface area contributed by atoms with E-state index in [-0.39, 0.29) is 11.3 Å². The summed E-state index contributed by atoms with van der Waals surface area (Å²) in [6, 6.07) is 23.5. The largest absolute Gasteiger partial charge is 0.497 e. The number of hydrogen-bond acceptors (Lipinski definition) is 7. The van der Waals surface area contributed by atoms with E-state index < -0.39 is 0 Å². The maximum atomic E-state index is 12.5. The topological polar surface area (TPSA) is 72.7 Å². The summed E-state index contributed by atoms with van der Waals surface area (Å²) in [4.78, 5) is 17.6. The van der Waals surface area contributed by atoms with Crippen molar-refractivity contribution in [1.82, 2.24) is 5.01 Å². The molecular formula is C28H25N3O4S. The SMILES string of the molecule is COc1ccc(C2CC(c3ccccc3)=NN2C2=NC(=O)S/C2=C\c2ccc(OC)c(OC)c2)cc1. The summed E-state index contributed by atoms with van der Waals surface area (Å²) >= 11 is 1.09. The number of aliphatic imine (C=N–C) groups is 1. The maximum Gasteiger partial charge on any atom is 0.311 e. The van der Waals surface area contributed by atoms with Crippen molar-refractivity contribution >= 4 is 34.6 Å². The molecule has 0 N–H and O–H groups in total. The van der Waals surface area contributed by atoms with Crippen molar-refractivity contribution in [2.75, 3.05) is 21.3 Å². The Kier molecular flexibility index (Phi) is 6.77. The Morgan fingerprint density at radius 2 is 1.67 bits per heavy atom. The average molecular weight is 500 g/mol. The van der Waals surface area contributed by atoms with Gasteiger partial charge in [0, 0.05) is 6.42 Å². The van der Waals surface area contributed by atoms with Gasteiger partial charge in [-0.25, -0.2) is 5.01 Å². The van der Waals surface area contributed by atoms with E-state index in [1.807, 2.05) is 83.9 Å². The summed E-state index contributed by atoms with van der Waals surface area (Å²) in [5.74, 6) is 2.57. The number of carbonyl (C=O) groups is 1. The standard InChI is InChI=1S/C28H25N3O4S/c1-33-21-12-10-20(11-13-21)23-17-22(19-7-5-4-6-8-19)30-31(23)27-26(36-28(32)29-27)16-18-9-14-24(34-2)25(15-18)35-3/h4-16,23H,17H2,1-3H3/b26-16-. The molecule has 36 heavy (non-hydrogen) atoms. The number of hydrazone groups is 1. The van der Waals surface area contributed by atoms with E-state index >= 15 is 0 Å². The molecule has 0 aromatic heterocycles. The monoisotopic (exact) mass is 499 g/mol. The molecule has 1 atom stereocenters. The van der Waals surface area contributed by atoms with Gasteiger partial charge < -0.3 is 14.2 Å². The Morgan fingerprint density at radius 3 is 2.36 bits per heavy atom. The molecule has 1 unspecified atom stereocenters. The van der Waals surface area contributed by atoms with Crippen LogP contribution in [-0.2, 0) is 0 Å². The molecule has 5 rings (SSSR count). The summed E-state index contributed by atoms with van der Waals surface area (Å²) in [5.41, 5.74) is 3.91. The first-order valence-corrected chi connectivity index (χ1v) is 12.2. The minimum Gasteiger partial charge on any atom is -0.497 e. The lowest BCUT2D eigenvalue weighted by atomic mass is 9.98. The van der Waals surface area contributed by atoms with Crippen molar-refractivity contribution < 1.29 is 19.0 Å². The summed E-state index contributed by atoms with van der Waals surface area (Å²) in [5, 5.41) is 6.56. The van der Waals surface area contributed by atoms with Crippen LogP contribution in [0, 0.1) is 0 Å². The number of rotatable bonds is 6. The number of amidine groups is 1. The molecule has 3 aromatic rings. The third kappa shape index (κ3) is 4.72. The zero-order chi connectivity index (χ0) is 25.1. The highest BCUT2D eigenvalue weighted by Crippen LogP contribution is 2.40. The molecule has 2 aliphatic rings. The quantitative estimate of drug-likeness (QED) is 0.404. The molecule has 2 heterocycles. The third-order valence-electron chi connectivity index (χ3n) is 6.06. The van der Waals surface area contributed by atoms with Gasteiger partial charge in [-0.15, -0.1) is 0 Å². The first kappa shape index (κ1) is 23.7. The lowest BCUT2D eigenvalue weighted by Crippen LogP contribution is -2.26. The summed E-state index contributed by atoms with van der Waals surface area (Å²) in [7, 11) is 4.84.